The molecule has 134 valence electrons. The maximum absolute atomic E-state index is 12.1. The van der Waals surface area contributed by atoms with Crippen molar-refractivity contribution >= 4 is 11.7 Å². The van der Waals surface area contributed by atoms with E-state index in [1.54, 1.807) is 4.68 Å². The number of aromatic nitrogens is 4. The standard InChI is InChI=1S/C18H26N6O/c1-4-5-6-18(25)23-11-9-22(10-12-23)16-7-8-17(20-19-16)24-15(3)13-14(2)21-24/h7-8,13H,4-6,9-12H2,1-3H3. The van der Waals surface area contributed by atoms with Gasteiger partial charge in [-0.05, 0) is 38.5 Å². The van der Waals surface area contributed by atoms with E-state index < -0.39 is 0 Å². The Labute approximate surface area is 148 Å². The third-order valence-corrected chi connectivity index (χ3v) is 4.56. The summed E-state index contributed by atoms with van der Waals surface area (Å²) < 4.78 is 1.80. The van der Waals surface area contributed by atoms with Crippen molar-refractivity contribution in [1.29, 1.82) is 0 Å². The van der Waals surface area contributed by atoms with Crippen LogP contribution in [-0.4, -0.2) is 57.0 Å². The van der Waals surface area contributed by atoms with E-state index in [0.29, 0.717) is 6.42 Å². The van der Waals surface area contributed by atoms with Crippen LogP contribution in [-0.2, 0) is 4.79 Å². The van der Waals surface area contributed by atoms with Gasteiger partial charge in [0.05, 0.1) is 5.69 Å². The van der Waals surface area contributed by atoms with Gasteiger partial charge in [-0.25, -0.2) is 4.68 Å². The fourth-order valence-electron chi connectivity index (χ4n) is 3.13. The number of anilines is 1. The SMILES string of the molecule is CCCCC(=O)N1CCN(c2ccc(-n3nc(C)cc3C)nn2)CC1. The van der Waals surface area contributed by atoms with E-state index in [-0.39, 0.29) is 5.91 Å². The molecule has 0 saturated carbocycles. The van der Waals surface area contributed by atoms with E-state index in [1.165, 1.54) is 0 Å². The second-order valence-electron chi connectivity index (χ2n) is 6.56. The van der Waals surface area contributed by atoms with Crippen LogP contribution in [0, 0.1) is 13.8 Å². The van der Waals surface area contributed by atoms with Gasteiger partial charge in [0.1, 0.15) is 0 Å². The van der Waals surface area contributed by atoms with Gasteiger partial charge >= 0.3 is 0 Å². The fraction of sp³-hybridized carbons (Fsp3) is 0.556. The smallest absolute Gasteiger partial charge is 0.222 e. The molecule has 1 aliphatic rings. The predicted molar refractivity (Wildman–Crippen MR) is 96.9 cm³/mol. The van der Waals surface area contributed by atoms with Gasteiger partial charge in [-0.15, -0.1) is 10.2 Å². The summed E-state index contributed by atoms with van der Waals surface area (Å²) in [6.45, 7) is 9.18. The van der Waals surface area contributed by atoms with Crippen LogP contribution < -0.4 is 4.90 Å². The van der Waals surface area contributed by atoms with E-state index in [2.05, 4.69) is 27.1 Å². The first-order chi connectivity index (χ1) is 12.1. The lowest BCUT2D eigenvalue weighted by Gasteiger charge is -2.35. The van der Waals surface area contributed by atoms with Gasteiger partial charge in [-0.3, -0.25) is 4.79 Å². The van der Waals surface area contributed by atoms with Gasteiger partial charge in [0.25, 0.3) is 0 Å². The fourth-order valence-corrected chi connectivity index (χ4v) is 3.13. The number of carbonyl (C=O) groups is 1. The molecule has 1 saturated heterocycles. The van der Waals surface area contributed by atoms with Crippen molar-refractivity contribution in [2.45, 2.75) is 40.0 Å². The summed E-state index contributed by atoms with van der Waals surface area (Å²) in [5, 5.41) is 13.1. The first-order valence-electron chi connectivity index (χ1n) is 8.98. The molecule has 1 aliphatic heterocycles. The summed E-state index contributed by atoms with van der Waals surface area (Å²) in [6.07, 6.45) is 2.69. The predicted octanol–water partition coefficient (Wildman–Crippen LogP) is 2.12. The molecular weight excluding hydrogens is 316 g/mol. The molecule has 0 atom stereocenters. The number of unbranched alkanes of at least 4 members (excludes halogenated alkanes) is 1. The zero-order valence-corrected chi connectivity index (χ0v) is 15.3. The van der Waals surface area contributed by atoms with E-state index in [9.17, 15) is 4.79 Å². The minimum absolute atomic E-state index is 0.271. The number of hydrogen-bond acceptors (Lipinski definition) is 5. The normalized spacial score (nSPS) is 14.8. The molecule has 1 amide bonds. The Morgan fingerprint density at radius 3 is 2.32 bits per heavy atom. The van der Waals surface area contributed by atoms with Crippen LogP contribution in [0.3, 0.4) is 0 Å². The molecule has 0 radical (unpaired) electrons. The lowest BCUT2D eigenvalue weighted by Crippen LogP contribution is -2.49. The summed E-state index contributed by atoms with van der Waals surface area (Å²) in [5.74, 6) is 1.85. The van der Waals surface area contributed by atoms with E-state index >= 15 is 0 Å². The molecule has 0 spiro atoms. The van der Waals surface area contributed by atoms with Crippen molar-refractivity contribution in [2.24, 2.45) is 0 Å². The van der Waals surface area contributed by atoms with Gasteiger partial charge in [0.15, 0.2) is 11.6 Å². The highest BCUT2D eigenvalue weighted by molar-refractivity contribution is 5.76. The summed E-state index contributed by atoms with van der Waals surface area (Å²) >= 11 is 0. The first kappa shape index (κ1) is 17.4. The summed E-state index contributed by atoms with van der Waals surface area (Å²) in [5.41, 5.74) is 2.01. The number of rotatable bonds is 5. The average Bonchev–Trinajstić information content (AvgIpc) is 2.98. The van der Waals surface area contributed by atoms with Crippen LogP contribution in [0.5, 0.6) is 0 Å². The highest BCUT2D eigenvalue weighted by Crippen LogP contribution is 2.16. The zero-order chi connectivity index (χ0) is 17.8. The van der Waals surface area contributed by atoms with Crippen LogP contribution in [0.25, 0.3) is 5.82 Å². The second kappa shape index (κ2) is 7.63. The maximum atomic E-state index is 12.1. The van der Waals surface area contributed by atoms with Crippen molar-refractivity contribution in [3.05, 3.63) is 29.6 Å². The topological polar surface area (TPSA) is 67.2 Å². The number of hydrogen-bond donors (Lipinski definition) is 0. The minimum Gasteiger partial charge on any atom is -0.352 e. The van der Waals surface area contributed by atoms with Crippen molar-refractivity contribution < 1.29 is 4.79 Å². The quantitative estimate of drug-likeness (QED) is 0.832. The third kappa shape index (κ3) is 3.97. The molecule has 0 aliphatic carbocycles. The Morgan fingerprint density at radius 1 is 1.08 bits per heavy atom. The van der Waals surface area contributed by atoms with Crippen molar-refractivity contribution in [3.63, 3.8) is 0 Å². The van der Waals surface area contributed by atoms with Crippen molar-refractivity contribution in [3.8, 4) is 5.82 Å². The molecule has 3 heterocycles. The van der Waals surface area contributed by atoms with Crippen LogP contribution in [0.15, 0.2) is 18.2 Å². The molecular formula is C18H26N6O. The third-order valence-electron chi connectivity index (χ3n) is 4.56. The Kier molecular flexibility index (Phi) is 5.31. The highest BCUT2D eigenvalue weighted by atomic mass is 16.2. The first-order valence-corrected chi connectivity index (χ1v) is 8.98. The van der Waals surface area contributed by atoms with E-state index in [4.69, 9.17) is 0 Å². The van der Waals surface area contributed by atoms with Crippen molar-refractivity contribution in [1.82, 2.24) is 24.9 Å². The van der Waals surface area contributed by atoms with Crippen LogP contribution in [0.2, 0.25) is 0 Å². The van der Waals surface area contributed by atoms with Gasteiger partial charge in [-0.2, -0.15) is 5.10 Å². The van der Waals surface area contributed by atoms with Gasteiger partial charge in [0, 0.05) is 38.3 Å². The van der Waals surface area contributed by atoms with E-state index in [0.717, 1.165) is 62.0 Å². The minimum atomic E-state index is 0.271. The van der Waals surface area contributed by atoms with Gasteiger partial charge in [0.2, 0.25) is 5.91 Å². The monoisotopic (exact) mass is 342 g/mol. The van der Waals surface area contributed by atoms with Gasteiger partial charge in [-0.1, -0.05) is 13.3 Å². The number of piperazine rings is 1. The summed E-state index contributed by atoms with van der Waals surface area (Å²) in [6, 6.07) is 5.94. The molecule has 0 unspecified atom stereocenters. The molecule has 25 heavy (non-hydrogen) atoms. The molecule has 7 heteroatoms. The average molecular weight is 342 g/mol. The summed E-state index contributed by atoms with van der Waals surface area (Å²) in [4.78, 5) is 16.2. The number of amides is 1. The zero-order valence-electron chi connectivity index (χ0n) is 15.3. The molecule has 0 N–H and O–H groups in total. The molecule has 0 bridgehead atoms. The largest absolute Gasteiger partial charge is 0.352 e. The molecule has 3 rings (SSSR count). The lowest BCUT2D eigenvalue weighted by atomic mass is 10.2. The Hall–Kier alpha value is -2.44. The van der Waals surface area contributed by atoms with Crippen LogP contribution in [0.4, 0.5) is 5.82 Å². The number of nitrogens with zero attached hydrogens (tertiary/aromatic N) is 6. The Balaban J connectivity index is 1.61. The Bertz CT molecular complexity index is 716. The van der Waals surface area contributed by atoms with Crippen LogP contribution >= 0.6 is 0 Å². The molecule has 2 aromatic heterocycles. The molecule has 2 aromatic rings. The maximum Gasteiger partial charge on any atom is 0.222 e. The van der Waals surface area contributed by atoms with Gasteiger partial charge < -0.3 is 9.80 Å². The van der Waals surface area contributed by atoms with Crippen LogP contribution in [0.1, 0.15) is 37.6 Å². The van der Waals surface area contributed by atoms with Crippen molar-refractivity contribution in [2.75, 3.05) is 31.1 Å². The molecule has 1 fully saturated rings. The second-order valence-corrected chi connectivity index (χ2v) is 6.56. The lowest BCUT2D eigenvalue weighted by molar-refractivity contribution is -0.131. The molecule has 7 nitrogen and oxygen atoms in total. The molecule has 0 aromatic carbocycles. The summed E-state index contributed by atoms with van der Waals surface area (Å²) in [7, 11) is 0. The highest BCUT2D eigenvalue weighted by Gasteiger charge is 2.21. The Morgan fingerprint density at radius 2 is 1.76 bits per heavy atom. The van der Waals surface area contributed by atoms with E-state index in [1.807, 2.05) is 36.9 Å². The number of carbonyl (C=O) groups excluding carboxylic acids is 1. The number of aryl methyl sites for hydroxylation is 2.